The summed E-state index contributed by atoms with van der Waals surface area (Å²) in [4.78, 5) is 24.2. The molecule has 0 heterocycles. The van der Waals surface area contributed by atoms with Gasteiger partial charge in [0.05, 0.1) is 0 Å². The first-order chi connectivity index (χ1) is 7.41. The van der Waals surface area contributed by atoms with Gasteiger partial charge in [0.25, 0.3) is 0 Å². The number of urea groups is 1. The Morgan fingerprint density at radius 1 is 1.50 bits per heavy atom. The van der Waals surface area contributed by atoms with Gasteiger partial charge in [-0.25, -0.2) is 9.59 Å². The maximum Gasteiger partial charge on any atom is 0.329 e. The van der Waals surface area contributed by atoms with Gasteiger partial charge in [0.1, 0.15) is 5.54 Å². The highest BCUT2D eigenvalue weighted by molar-refractivity contribution is 5.85. The summed E-state index contributed by atoms with van der Waals surface area (Å²) in [5.74, 6) is -1.03. The van der Waals surface area contributed by atoms with Crippen LogP contribution in [0, 0.1) is 0 Å². The Hall–Kier alpha value is -1.52. The van der Waals surface area contributed by atoms with E-state index in [2.05, 4.69) is 11.9 Å². The Bertz CT molecular complexity index is 278. The quantitative estimate of drug-likeness (QED) is 0.676. The molecule has 2 amide bonds. The van der Waals surface area contributed by atoms with Crippen LogP contribution in [-0.4, -0.2) is 40.6 Å². The van der Waals surface area contributed by atoms with Gasteiger partial charge in [-0.05, 0) is 20.3 Å². The summed E-state index contributed by atoms with van der Waals surface area (Å²) in [6.45, 7) is 9.50. The van der Waals surface area contributed by atoms with Crippen LogP contribution in [0.2, 0.25) is 0 Å². The van der Waals surface area contributed by atoms with Gasteiger partial charge in [-0.2, -0.15) is 0 Å². The summed E-state index contributed by atoms with van der Waals surface area (Å²) in [5, 5.41) is 11.5. The molecular formula is C11H20N2O3. The van der Waals surface area contributed by atoms with Gasteiger partial charge in [0.15, 0.2) is 0 Å². The van der Waals surface area contributed by atoms with Crippen molar-refractivity contribution in [1.82, 2.24) is 10.2 Å². The van der Waals surface area contributed by atoms with Crippen molar-refractivity contribution in [2.75, 3.05) is 13.1 Å². The van der Waals surface area contributed by atoms with E-state index in [1.807, 2.05) is 6.92 Å². The topological polar surface area (TPSA) is 69.6 Å². The first-order valence-corrected chi connectivity index (χ1v) is 5.32. The average Bonchev–Trinajstić information content (AvgIpc) is 2.25. The fourth-order valence-electron chi connectivity index (χ4n) is 1.12. The van der Waals surface area contributed by atoms with Crippen molar-refractivity contribution in [3.8, 4) is 0 Å². The minimum absolute atomic E-state index is 0.333. The number of hydrogen-bond acceptors (Lipinski definition) is 2. The van der Waals surface area contributed by atoms with Crippen molar-refractivity contribution in [2.45, 2.75) is 32.7 Å². The summed E-state index contributed by atoms with van der Waals surface area (Å²) in [6, 6.07) is -0.380. The number of amides is 2. The second kappa shape index (κ2) is 6.15. The van der Waals surface area contributed by atoms with E-state index in [0.29, 0.717) is 19.5 Å². The van der Waals surface area contributed by atoms with Crippen LogP contribution >= 0.6 is 0 Å². The lowest BCUT2D eigenvalue weighted by Crippen LogP contribution is -2.55. The molecule has 0 aliphatic carbocycles. The van der Waals surface area contributed by atoms with Crippen LogP contribution in [0.25, 0.3) is 0 Å². The number of nitrogens with zero attached hydrogens (tertiary/aromatic N) is 1. The summed E-state index contributed by atoms with van der Waals surface area (Å²) < 4.78 is 0. The highest BCUT2D eigenvalue weighted by atomic mass is 16.4. The van der Waals surface area contributed by atoms with Gasteiger partial charge in [-0.3, -0.25) is 0 Å². The number of hydrogen-bond donors (Lipinski definition) is 2. The lowest BCUT2D eigenvalue weighted by Gasteiger charge is -2.28. The van der Waals surface area contributed by atoms with E-state index >= 15 is 0 Å². The molecule has 5 heteroatoms. The fraction of sp³-hybridized carbons (Fsp3) is 0.636. The second-order valence-corrected chi connectivity index (χ2v) is 3.75. The van der Waals surface area contributed by atoms with Crippen molar-refractivity contribution in [3.05, 3.63) is 12.7 Å². The Labute approximate surface area is 96.1 Å². The zero-order chi connectivity index (χ0) is 12.8. The molecule has 2 N–H and O–H groups in total. The van der Waals surface area contributed by atoms with Crippen LogP contribution in [0.4, 0.5) is 4.79 Å². The summed E-state index contributed by atoms with van der Waals surface area (Å²) in [6.07, 6.45) is 1.94. The molecule has 92 valence electrons. The Balaban J connectivity index is 4.62. The maximum atomic E-state index is 11.7. The maximum absolute atomic E-state index is 11.7. The van der Waals surface area contributed by atoms with Crippen LogP contribution < -0.4 is 5.32 Å². The largest absolute Gasteiger partial charge is 0.480 e. The van der Waals surface area contributed by atoms with Crippen molar-refractivity contribution in [3.63, 3.8) is 0 Å². The lowest BCUT2D eigenvalue weighted by molar-refractivity contribution is -0.143. The van der Waals surface area contributed by atoms with E-state index in [9.17, 15) is 9.59 Å². The van der Waals surface area contributed by atoms with Crippen LogP contribution in [0.15, 0.2) is 12.7 Å². The van der Waals surface area contributed by atoms with Crippen LogP contribution in [0.1, 0.15) is 27.2 Å². The van der Waals surface area contributed by atoms with Gasteiger partial charge < -0.3 is 15.3 Å². The first-order valence-electron chi connectivity index (χ1n) is 5.32. The molecular weight excluding hydrogens is 208 g/mol. The third-order valence-electron chi connectivity index (χ3n) is 2.58. The predicted octanol–water partition coefficient (Wildman–Crippen LogP) is 1.46. The van der Waals surface area contributed by atoms with Gasteiger partial charge in [-0.1, -0.05) is 13.0 Å². The Morgan fingerprint density at radius 3 is 2.38 bits per heavy atom. The highest BCUT2D eigenvalue weighted by Gasteiger charge is 2.33. The zero-order valence-electron chi connectivity index (χ0n) is 10.1. The molecule has 0 spiro atoms. The third kappa shape index (κ3) is 3.56. The number of carbonyl (C=O) groups is 2. The molecule has 0 aromatic carbocycles. The van der Waals surface area contributed by atoms with E-state index in [1.54, 1.807) is 13.0 Å². The summed E-state index contributed by atoms with van der Waals surface area (Å²) >= 11 is 0. The van der Waals surface area contributed by atoms with Crippen molar-refractivity contribution >= 4 is 12.0 Å². The number of carboxylic acids is 1. The molecule has 0 fully saturated rings. The predicted molar refractivity (Wildman–Crippen MR) is 62.3 cm³/mol. The Morgan fingerprint density at radius 2 is 2.06 bits per heavy atom. The van der Waals surface area contributed by atoms with Crippen molar-refractivity contribution in [2.24, 2.45) is 0 Å². The third-order valence-corrected chi connectivity index (χ3v) is 2.58. The second-order valence-electron chi connectivity index (χ2n) is 3.75. The number of likely N-dealkylation sites (N-methyl/N-ethyl adjacent to an activating group) is 1. The average molecular weight is 228 g/mol. The smallest absolute Gasteiger partial charge is 0.329 e. The highest BCUT2D eigenvalue weighted by Crippen LogP contribution is 2.10. The molecule has 5 nitrogen and oxygen atoms in total. The molecule has 0 aromatic heterocycles. The lowest BCUT2D eigenvalue weighted by atomic mass is 10.00. The van der Waals surface area contributed by atoms with Crippen LogP contribution in [0.3, 0.4) is 0 Å². The van der Waals surface area contributed by atoms with Gasteiger partial charge in [0.2, 0.25) is 0 Å². The molecule has 0 saturated heterocycles. The molecule has 0 aromatic rings. The normalized spacial score (nSPS) is 13.7. The first kappa shape index (κ1) is 14.5. The molecule has 1 atom stereocenters. The van der Waals surface area contributed by atoms with Crippen LogP contribution in [-0.2, 0) is 4.79 Å². The molecule has 1 unspecified atom stereocenters. The molecule has 0 aliphatic heterocycles. The monoisotopic (exact) mass is 228 g/mol. The van der Waals surface area contributed by atoms with Gasteiger partial charge >= 0.3 is 12.0 Å². The molecule has 0 saturated carbocycles. The van der Waals surface area contributed by atoms with E-state index < -0.39 is 11.5 Å². The van der Waals surface area contributed by atoms with E-state index in [4.69, 9.17) is 5.11 Å². The summed E-state index contributed by atoms with van der Waals surface area (Å²) in [7, 11) is 0. The Kier molecular flexibility index (Phi) is 5.56. The molecule has 0 rings (SSSR count). The molecule has 0 bridgehead atoms. The van der Waals surface area contributed by atoms with E-state index in [0.717, 1.165) is 0 Å². The summed E-state index contributed by atoms with van der Waals surface area (Å²) in [5.41, 5.74) is -1.22. The number of carboxylic acid groups (broad SMARTS) is 1. The van der Waals surface area contributed by atoms with Crippen molar-refractivity contribution in [1.29, 1.82) is 0 Å². The number of rotatable bonds is 6. The molecule has 0 radical (unpaired) electrons. The standard InChI is InChI=1S/C11H20N2O3/c1-5-8-13(7-3)10(16)12-11(4,6-2)9(14)15/h5H,1,6-8H2,2-4H3,(H,12,16)(H,14,15). The molecule has 16 heavy (non-hydrogen) atoms. The van der Waals surface area contributed by atoms with Gasteiger partial charge in [0, 0.05) is 13.1 Å². The number of nitrogens with one attached hydrogen (secondary N) is 1. The van der Waals surface area contributed by atoms with E-state index in [-0.39, 0.29) is 6.03 Å². The van der Waals surface area contributed by atoms with E-state index in [1.165, 1.54) is 11.8 Å². The minimum Gasteiger partial charge on any atom is -0.480 e. The van der Waals surface area contributed by atoms with Gasteiger partial charge in [-0.15, -0.1) is 6.58 Å². The van der Waals surface area contributed by atoms with Crippen molar-refractivity contribution < 1.29 is 14.7 Å². The van der Waals surface area contributed by atoms with Crippen LogP contribution in [0.5, 0.6) is 0 Å². The fourth-order valence-corrected chi connectivity index (χ4v) is 1.12. The zero-order valence-corrected chi connectivity index (χ0v) is 10.1. The minimum atomic E-state index is -1.22. The number of aliphatic carboxylic acids is 1. The number of carbonyl (C=O) groups excluding carboxylic acids is 1. The molecule has 0 aliphatic rings. The SMILES string of the molecule is C=CCN(CC)C(=O)NC(C)(CC)C(=O)O.